The van der Waals surface area contributed by atoms with Crippen molar-refractivity contribution in [3.8, 4) is 22.3 Å². The Bertz CT molecular complexity index is 1670. The molecule has 0 bridgehead atoms. The van der Waals surface area contributed by atoms with Crippen LogP contribution in [-0.2, 0) is 20.8 Å². The molecule has 1 atom stereocenters. The number of hydrogen-bond donors (Lipinski definition) is 0. The molecule has 1 unspecified atom stereocenters. The predicted octanol–water partition coefficient (Wildman–Crippen LogP) is 13.5. The summed E-state index contributed by atoms with van der Waals surface area (Å²) in [4.78, 5) is 0. The van der Waals surface area contributed by atoms with Crippen molar-refractivity contribution < 1.29 is 20.8 Å². The molecule has 0 aliphatic carbocycles. The molecule has 4 heteroatoms. The summed E-state index contributed by atoms with van der Waals surface area (Å²) >= 11 is -0.826. The third-order valence-corrected chi connectivity index (χ3v) is 7.79. The number of hydrogen-bond acceptors (Lipinski definition) is 0. The zero-order valence-electron chi connectivity index (χ0n) is 26.9. The second-order valence-electron chi connectivity index (χ2n) is 11.1. The minimum absolute atomic E-state index is 0.700. The van der Waals surface area contributed by atoms with Gasteiger partial charge >= 0.3 is 37.9 Å². The summed E-state index contributed by atoms with van der Waals surface area (Å²) in [7, 11) is 11.0. The van der Waals surface area contributed by atoms with Gasteiger partial charge in [0.05, 0.1) is 0 Å². The van der Waals surface area contributed by atoms with Crippen molar-refractivity contribution in [2.24, 2.45) is 0 Å². The Balaban J connectivity index is 0.000000207. The van der Waals surface area contributed by atoms with Crippen molar-refractivity contribution in [1.29, 1.82) is 0 Å². The van der Waals surface area contributed by atoms with Gasteiger partial charge in [0.1, 0.15) is 0 Å². The summed E-state index contributed by atoms with van der Waals surface area (Å²) in [5, 5.41) is 5.52. The average molecular weight is 715 g/mol. The van der Waals surface area contributed by atoms with Crippen molar-refractivity contribution in [2.75, 3.05) is 0 Å². The molecule has 0 heterocycles. The van der Waals surface area contributed by atoms with Gasteiger partial charge in [0, 0.05) is 9.52 Å². The molecule has 226 valence electrons. The summed E-state index contributed by atoms with van der Waals surface area (Å²) < 4.78 is 0. The first-order valence-electron chi connectivity index (χ1n) is 15.4. The molecule has 0 fully saturated rings. The second-order valence-corrected chi connectivity index (χ2v) is 15.8. The van der Waals surface area contributed by atoms with Crippen LogP contribution in [0.2, 0.25) is 13.1 Å². The van der Waals surface area contributed by atoms with Gasteiger partial charge in [-0.2, -0.15) is 12.1 Å². The van der Waals surface area contributed by atoms with E-state index in [-0.39, 0.29) is 0 Å². The Labute approximate surface area is 287 Å². The number of benzene rings is 4. The molecule has 0 aliphatic heterocycles. The van der Waals surface area contributed by atoms with E-state index in [0.717, 1.165) is 9.52 Å². The van der Waals surface area contributed by atoms with Crippen LogP contribution in [-0.4, -0.2) is 9.52 Å². The molecule has 2 radical (unpaired) electrons. The standard InChI is InChI=1S/C21H23.C17H15.C2H6Si.2ClH.Zr/c1-3-9-16(4-2)19-14-18-12-8-13-20(21(18)15-19)17-10-6-5-7-11-17;1-12-10-16-13(2)8-9-15(17(16)11-12)14-6-4-3-5-7-14;1-3-2;;;/h5-8,10-16H,3-4,9H2,1-2H3;3-11H,1-2H3;1-2H3;2*1H;/q2*-1;;;;+4/p-2. The van der Waals surface area contributed by atoms with Crippen LogP contribution in [0, 0.1) is 13.8 Å². The molecule has 0 saturated carbocycles. The van der Waals surface area contributed by atoms with Gasteiger partial charge in [0.2, 0.25) is 0 Å². The summed E-state index contributed by atoms with van der Waals surface area (Å²) in [6, 6.07) is 41.8. The van der Waals surface area contributed by atoms with Crippen LogP contribution in [0.1, 0.15) is 55.7 Å². The van der Waals surface area contributed by atoms with E-state index in [4.69, 9.17) is 17.0 Å². The monoisotopic (exact) mass is 712 g/mol. The van der Waals surface area contributed by atoms with E-state index in [1.807, 2.05) is 0 Å². The summed E-state index contributed by atoms with van der Waals surface area (Å²) in [5.74, 6) is 0.700. The van der Waals surface area contributed by atoms with Crippen LogP contribution in [0.3, 0.4) is 0 Å². The van der Waals surface area contributed by atoms with Crippen molar-refractivity contribution in [2.45, 2.75) is 66.0 Å². The number of halogens is 2. The zero-order chi connectivity index (χ0) is 31.9. The van der Waals surface area contributed by atoms with Crippen molar-refractivity contribution in [3.63, 3.8) is 0 Å². The van der Waals surface area contributed by atoms with Crippen LogP contribution in [0.4, 0.5) is 0 Å². The Hall–Kier alpha value is -2.22. The van der Waals surface area contributed by atoms with E-state index in [2.05, 4.69) is 156 Å². The van der Waals surface area contributed by atoms with Crippen LogP contribution < -0.4 is 0 Å². The van der Waals surface area contributed by atoms with E-state index in [0.29, 0.717) is 5.92 Å². The second kappa shape index (κ2) is 19.3. The first kappa shape index (κ1) is 36.3. The fourth-order valence-corrected chi connectivity index (χ4v) is 5.78. The predicted molar refractivity (Wildman–Crippen MR) is 197 cm³/mol. The van der Waals surface area contributed by atoms with E-state index < -0.39 is 20.8 Å². The Morgan fingerprint density at radius 1 is 0.705 bits per heavy atom. The van der Waals surface area contributed by atoms with E-state index in [9.17, 15) is 0 Å². The molecule has 0 amide bonds. The van der Waals surface area contributed by atoms with Crippen molar-refractivity contribution >= 4 is 48.1 Å². The third kappa shape index (κ3) is 9.89. The maximum atomic E-state index is 4.93. The van der Waals surface area contributed by atoms with E-state index >= 15 is 0 Å². The van der Waals surface area contributed by atoms with Crippen LogP contribution in [0.25, 0.3) is 43.8 Å². The van der Waals surface area contributed by atoms with Crippen molar-refractivity contribution in [1.82, 2.24) is 0 Å². The van der Waals surface area contributed by atoms with Crippen molar-refractivity contribution in [3.05, 3.63) is 132 Å². The molecular formula is C40H44Cl2SiZr. The summed E-state index contributed by atoms with van der Waals surface area (Å²) in [5.41, 5.74) is 9.49. The Kier molecular flexibility index (Phi) is 15.9. The van der Waals surface area contributed by atoms with Gasteiger partial charge in [-0.25, -0.2) is 0 Å². The van der Waals surface area contributed by atoms with Gasteiger partial charge in [0.25, 0.3) is 0 Å². The molecule has 6 rings (SSSR count). The molecule has 0 nitrogen and oxygen atoms in total. The zero-order valence-corrected chi connectivity index (χ0v) is 31.9. The summed E-state index contributed by atoms with van der Waals surface area (Å²) in [6.45, 7) is 13.2. The topological polar surface area (TPSA) is 0 Å². The molecule has 6 aromatic carbocycles. The van der Waals surface area contributed by atoms with Gasteiger partial charge in [-0.15, -0.1) is 68.6 Å². The van der Waals surface area contributed by atoms with Gasteiger partial charge in [0.15, 0.2) is 0 Å². The number of aryl methyl sites for hydroxylation is 2. The Morgan fingerprint density at radius 2 is 1.27 bits per heavy atom. The molecule has 0 aromatic heterocycles. The first-order chi connectivity index (χ1) is 21.4. The maximum absolute atomic E-state index is 4.93. The quantitative estimate of drug-likeness (QED) is 0.119. The number of rotatable bonds is 6. The van der Waals surface area contributed by atoms with E-state index in [1.54, 1.807) is 0 Å². The fourth-order valence-electron chi connectivity index (χ4n) is 5.78. The normalized spacial score (nSPS) is 10.9. The molecule has 44 heavy (non-hydrogen) atoms. The SMILES string of the molecule is CCCC(CC)c1cc2c(-c3ccccc3)cccc2[cH-]1.C[Si]C.Cc1cc2c(-c3ccccc3)ccc(C)c2[cH-]1.[Cl][Zr+2][Cl]. The van der Waals surface area contributed by atoms with E-state index in [1.165, 1.54) is 79.8 Å². The van der Waals surface area contributed by atoms with Crippen LogP contribution in [0.5, 0.6) is 0 Å². The van der Waals surface area contributed by atoms with Gasteiger partial charge in [-0.05, 0) is 23.5 Å². The average Bonchev–Trinajstić information content (AvgIpc) is 3.66. The number of fused-ring (bicyclic) bond motifs is 2. The third-order valence-electron chi connectivity index (χ3n) is 7.79. The minimum atomic E-state index is -0.826. The van der Waals surface area contributed by atoms with Gasteiger partial charge < -0.3 is 0 Å². The van der Waals surface area contributed by atoms with Gasteiger partial charge in [-0.3, -0.25) is 0 Å². The molecular weight excluding hydrogens is 671 g/mol. The molecule has 6 aromatic rings. The van der Waals surface area contributed by atoms with Crippen LogP contribution >= 0.6 is 17.0 Å². The molecule has 0 saturated heterocycles. The molecule has 0 aliphatic rings. The van der Waals surface area contributed by atoms with Gasteiger partial charge in [-0.1, -0.05) is 138 Å². The summed E-state index contributed by atoms with van der Waals surface area (Å²) in [6.07, 6.45) is 3.77. The first-order valence-corrected chi connectivity index (χ1v) is 23.8. The molecule has 0 spiro atoms. The Morgan fingerprint density at radius 3 is 1.82 bits per heavy atom. The molecule has 0 N–H and O–H groups in total. The van der Waals surface area contributed by atoms with Crippen LogP contribution in [0.15, 0.2) is 115 Å². The fraction of sp³-hybridized carbons (Fsp3) is 0.250.